The van der Waals surface area contributed by atoms with Crippen LogP contribution in [0, 0.1) is 6.92 Å². The minimum Gasteiger partial charge on any atom is -0.508 e. The number of nitrogens with zero attached hydrogens (tertiary/aromatic N) is 5. The number of aryl methyl sites for hydroxylation is 1. The quantitative estimate of drug-likeness (QED) is 0.368. The van der Waals surface area contributed by atoms with Crippen LogP contribution in [0.3, 0.4) is 0 Å². The maximum atomic E-state index is 10.0. The van der Waals surface area contributed by atoms with Crippen LogP contribution in [-0.2, 0) is 11.3 Å². The van der Waals surface area contributed by atoms with Gasteiger partial charge in [0.05, 0.1) is 24.1 Å². The molecular weight excluding hydrogens is 486 g/mol. The fraction of sp³-hybridized carbons (Fsp3) is 0.458. The van der Waals surface area contributed by atoms with Crippen LogP contribution >= 0.6 is 36.6 Å². The highest BCUT2D eigenvalue weighted by molar-refractivity contribution is 7.80. The molecule has 7 nitrogen and oxygen atoms in total. The van der Waals surface area contributed by atoms with E-state index in [1.165, 1.54) is 10.4 Å². The number of ether oxygens (including phenoxy) is 1. The molecule has 0 spiro atoms. The lowest BCUT2D eigenvalue weighted by atomic mass is 10.2. The highest BCUT2D eigenvalue weighted by Crippen LogP contribution is 2.33. The van der Waals surface area contributed by atoms with Crippen LogP contribution in [0.15, 0.2) is 30.3 Å². The first-order chi connectivity index (χ1) is 16.5. The summed E-state index contributed by atoms with van der Waals surface area (Å²) in [4.78, 5) is 21.3. The normalized spacial score (nSPS) is 16.4. The number of phenols is 1. The molecular formula is C24H31N5O2S3. The Morgan fingerprint density at radius 1 is 1.15 bits per heavy atom. The van der Waals surface area contributed by atoms with Gasteiger partial charge in [0.1, 0.15) is 5.75 Å². The number of thiol groups is 2. The lowest BCUT2D eigenvalue weighted by molar-refractivity contribution is 0.0981. The summed E-state index contributed by atoms with van der Waals surface area (Å²) in [6.07, 6.45) is 0. The largest absolute Gasteiger partial charge is 0.508 e. The van der Waals surface area contributed by atoms with Gasteiger partial charge in [-0.05, 0) is 37.6 Å². The third kappa shape index (κ3) is 6.04. The van der Waals surface area contributed by atoms with Gasteiger partial charge in [-0.3, -0.25) is 4.90 Å². The van der Waals surface area contributed by atoms with Gasteiger partial charge >= 0.3 is 0 Å². The topological polar surface area (TPSA) is 74.6 Å². The zero-order valence-corrected chi connectivity index (χ0v) is 22.1. The van der Waals surface area contributed by atoms with E-state index >= 15 is 0 Å². The fourth-order valence-electron chi connectivity index (χ4n) is 3.94. The number of hydrogen-bond acceptors (Lipinski definition) is 10. The maximum absolute atomic E-state index is 10.0. The fourth-order valence-corrected chi connectivity index (χ4v) is 5.66. The highest BCUT2D eigenvalue weighted by Gasteiger charge is 2.24. The molecule has 0 bridgehead atoms. The van der Waals surface area contributed by atoms with Crippen molar-refractivity contribution in [1.82, 2.24) is 19.9 Å². The third-order valence-corrected chi connectivity index (χ3v) is 7.41. The lowest BCUT2D eigenvalue weighted by Gasteiger charge is -2.33. The molecule has 0 aliphatic carbocycles. The van der Waals surface area contributed by atoms with Crippen LogP contribution in [-0.4, -0.2) is 75.4 Å². The summed E-state index contributed by atoms with van der Waals surface area (Å²) < 4.78 is 5.62. The zero-order chi connectivity index (χ0) is 24.1. The summed E-state index contributed by atoms with van der Waals surface area (Å²) in [5, 5.41) is 10.0. The van der Waals surface area contributed by atoms with Gasteiger partial charge in [0, 0.05) is 48.1 Å². The van der Waals surface area contributed by atoms with Gasteiger partial charge in [-0.15, -0.1) is 11.3 Å². The molecule has 0 saturated carbocycles. The maximum Gasteiger partial charge on any atom is 0.229 e. The average Bonchev–Trinajstić information content (AvgIpc) is 3.19. The van der Waals surface area contributed by atoms with Gasteiger partial charge < -0.3 is 14.7 Å². The summed E-state index contributed by atoms with van der Waals surface area (Å²) in [6, 6.07) is 9.36. The molecule has 1 aliphatic heterocycles. The van der Waals surface area contributed by atoms with E-state index in [9.17, 15) is 5.11 Å². The van der Waals surface area contributed by atoms with E-state index in [0.717, 1.165) is 48.1 Å². The molecule has 2 aromatic heterocycles. The Labute approximate surface area is 216 Å². The minimum atomic E-state index is 0.165. The Morgan fingerprint density at radius 2 is 1.91 bits per heavy atom. The van der Waals surface area contributed by atoms with Crippen LogP contribution in [0.2, 0.25) is 0 Å². The van der Waals surface area contributed by atoms with E-state index in [1.54, 1.807) is 29.5 Å². The second-order valence-electron chi connectivity index (χ2n) is 8.39. The molecule has 1 atom stereocenters. The second kappa shape index (κ2) is 11.7. The predicted molar refractivity (Wildman–Crippen MR) is 146 cm³/mol. The van der Waals surface area contributed by atoms with Crippen molar-refractivity contribution in [2.45, 2.75) is 26.4 Å². The van der Waals surface area contributed by atoms with Crippen molar-refractivity contribution in [1.29, 1.82) is 0 Å². The van der Waals surface area contributed by atoms with Crippen LogP contribution in [0.4, 0.5) is 5.95 Å². The summed E-state index contributed by atoms with van der Waals surface area (Å²) >= 11 is 10.5. The Kier molecular flexibility index (Phi) is 8.70. The highest BCUT2D eigenvalue weighted by atomic mass is 32.1. The lowest BCUT2D eigenvalue weighted by Crippen LogP contribution is -2.44. The van der Waals surface area contributed by atoms with Crippen molar-refractivity contribution in [3.8, 4) is 27.8 Å². The van der Waals surface area contributed by atoms with Gasteiger partial charge in [-0.2, -0.15) is 35.2 Å². The number of aromatic hydroxyl groups is 1. The molecule has 0 radical (unpaired) electrons. The number of morpholine rings is 1. The Bertz CT molecular complexity index is 1100. The van der Waals surface area contributed by atoms with Gasteiger partial charge in [-0.25, -0.2) is 4.98 Å². The van der Waals surface area contributed by atoms with Crippen molar-refractivity contribution in [2.75, 3.05) is 49.3 Å². The molecule has 3 aromatic rings. The SMILES string of the molecule is Cc1cc(-c2nc(-c3cccc(O)c3)nc(N3CCOC[C@H]3C)n2)sc1CN(CCS)CCS. The Hall–Kier alpha value is -1.85. The van der Waals surface area contributed by atoms with E-state index in [-0.39, 0.29) is 11.8 Å². The number of phenolic OH excluding ortho intramolecular Hbond substituents is 1. The summed E-state index contributed by atoms with van der Waals surface area (Å²) in [7, 11) is 0. The molecule has 182 valence electrons. The summed E-state index contributed by atoms with van der Waals surface area (Å²) in [6.45, 7) is 8.94. The first-order valence-corrected chi connectivity index (χ1v) is 13.5. The van der Waals surface area contributed by atoms with Crippen LogP contribution in [0.5, 0.6) is 5.75 Å². The smallest absolute Gasteiger partial charge is 0.229 e. The summed E-state index contributed by atoms with van der Waals surface area (Å²) in [5.41, 5.74) is 1.98. The monoisotopic (exact) mass is 517 g/mol. The van der Waals surface area contributed by atoms with Crippen molar-refractivity contribution in [3.05, 3.63) is 40.8 Å². The standard InChI is InChI=1S/C24H31N5O2S3/c1-16-12-20(34-21(16)14-28(7-10-32)8-11-33)23-25-22(18-4-3-5-19(30)13-18)26-24(27-23)29-6-9-31-15-17(29)2/h3-5,12-13,17,30,32-33H,6-11,14-15H2,1-2H3/t17-/m1/s1. The molecule has 1 fully saturated rings. The van der Waals surface area contributed by atoms with Crippen LogP contribution in [0.1, 0.15) is 17.4 Å². The molecule has 1 aromatic carbocycles. The molecule has 0 amide bonds. The summed E-state index contributed by atoms with van der Waals surface area (Å²) in [5.74, 6) is 3.65. The number of thiophene rings is 1. The number of hydrogen-bond donors (Lipinski definition) is 3. The molecule has 0 unspecified atom stereocenters. The Balaban J connectivity index is 1.73. The van der Waals surface area contributed by atoms with Crippen molar-refractivity contribution in [3.63, 3.8) is 0 Å². The van der Waals surface area contributed by atoms with Gasteiger partial charge in [0.2, 0.25) is 5.95 Å². The van der Waals surface area contributed by atoms with E-state index in [4.69, 9.17) is 19.7 Å². The van der Waals surface area contributed by atoms with E-state index in [2.05, 4.69) is 55.0 Å². The Morgan fingerprint density at radius 3 is 2.62 bits per heavy atom. The molecule has 4 rings (SSSR count). The number of rotatable bonds is 9. The van der Waals surface area contributed by atoms with Gasteiger partial charge in [0.15, 0.2) is 11.6 Å². The second-order valence-corrected chi connectivity index (χ2v) is 10.4. The van der Waals surface area contributed by atoms with E-state index in [0.29, 0.717) is 30.8 Å². The average molecular weight is 518 g/mol. The molecule has 1 N–H and O–H groups in total. The number of anilines is 1. The zero-order valence-electron chi connectivity index (χ0n) is 19.5. The molecule has 1 saturated heterocycles. The number of benzene rings is 1. The van der Waals surface area contributed by atoms with Crippen LogP contribution in [0.25, 0.3) is 22.1 Å². The van der Waals surface area contributed by atoms with E-state index in [1.807, 2.05) is 6.07 Å². The van der Waals surface area contributed by atoms with E-state index < -0.39 is 0 Å². The minimum absolute atomic E-state index is 0.165. The molecule has 3 heterocycles. The molecule has 10 heteroatoms. The van der Waals surface area contributed by atoms with Gasteiger partial charge in [-0.1, -0.05) is 12.1 Å². The van der Waals surface area contributed by atoms with Crippen molar-refractivity contribution < 1.29 is 9.84 Å². The van der Waals surface area contributed by atoms with Crippen molar-refractivity contribution >= 4 is 42.5 Å². The van der Waals surface area contributed by atoms with Crippen molar-refractivity contribution in [2.24, 2.45) is 0 Å². The molecule has 34 heavy (non-hydrogen) atoms. The molecule has 1 aliphatic rings. The third-order valence-electron chi connectivity index (χ3n) is 5.79. The van der Waals surface area contributed by atoms with Gasteiger partial charge in [0.25, 0.3) is 0 Å². The number of aromatic nitrogens is 3. The first-order valence-electron chi connectivity index (χ1n) is 11.4. The van der Waals surface area contributed by atoms with Crippen LogP contribution < -0.4 is 4.90 Å². The predicted octanol–water partition coefficient (Wildman–Crippen LogP) is 4.17. The first kappa shape index (κ1) is 25.2.